The number of aliphatic hydroxyl groups excluding tert-OH is 3. The van der Waals surface area contributed by atoms with Gasteiger partial charge in [-0.15, -0.1) is 0 Å². The molecule has 0 bridgehead atoms. The number of aliphatic hydroxyl groups is 3. The SMILES string of the molecule is CC.CC[C@H]1C[C@@H]2SC(N(C)C)=N[C@@H]2[C@@H](OCc2ccccc2)[C@@H]1C.CN(C)C1=N[C@@H]2[C@@H](O)[C@H](O)[C@@H](CO)C[C@@H]2S1.CS. The maximum atomic E-state index is 9.95. The number of fused-ring (bicyclic) bond motifs is 2. The van der Waals surface area contributed by atoms with E-state index in [9.17, 15) is 10.2 Å². The summed E-state index contributed by atoms with van der Waals surface area (Å²) < 4.78 is 6.42. The summed E-state index contributed by atoms with van der Waals surface area (Å²) in [5.74, 6) is 1.07. The lowest BCUT2D eigenvalue weighted by atomic mass is 9.74. The quantitative estimate of drug-likeness (QED) is 0.338. The van der Waals surface area contributed by atoms with E-state index >= 15 is 0 Å². The molecular weight excluding hydrogens is 601 g/mol. The number of benzene rings is 1. The molecule has 1 aromatic rings. The molecule has 4 aliphatic rings. The lowest BCUT2D eigenvalue weighted by Crippen LogP contribution is -2.51. The Balaban J connectivity index is 0.000000283. The summed E-state index contributed by atoms with van der Waals surface area (Å²) >= 11 is 7.09. The van der Waals surface area contributed by atoms with Crippen molar-refractivity contribution in [3.63, 3.8) is 0 Å². The Morgan fingerprint density at radius 2 is 1.37 bits per heavy atom. The van der Waals surface area contributed by atoms with Crippen LogP contribution in [0.1, 0.15) is 52.5 Å². The zero-order valence-electron chi connectivity index (χ0n) is 27.5. The largest absolute Gasteiger partial charge is 0.396 e. The van der Waals surface area contributed by atoms with Gasteiger partial charge in [-0.3, -0.25) is 9.98 Å². The van der Waals surface area contributed by atoms with Crippen LogP contribution in [0.4, 0.5) is 0 Å². The van der Waals surface area contributed by atoms with Crippen LogP contribution in [-0.2, 0) is 11.3 Å². The third kappa shape index (κ3) is 9.77. The molecule has 8 nitrogen and oxygen atoms in total. The molecule has 10 atom stereocenters. The van der Waals surface area contributed by atoms with E-state index in [1.807, 2.05) is 44.6 Å². The van der Waals surface area contributed by atoms with Crippen LogP contribution in [0.15, 0.2) is 40.3 Å². The van der Waals surface area contributed by atoms with E-state index in [2.05, 4.69) is 80.8 Å². The molecule has 0 aromatic heterocycles. The van der Waals surface area contributed by atoms with Crippen LogP contribution in [0.2, 0.25) is 0 Å². The Labute approximate surface area is 274 Å². The molecule has 2 heterocycles. The van der Waals surface area contributed by atoms with Gasteiger partial charge in [-0.25, -0.2) is 0 Å². The molecule has 1 aromatic carbocycles. The lowest BCUT2D eigenvalue weighted by Gasteiger charge is -2.41. The van der Waals surface area contributed by atoms with E-state index in [-0.39, 0.29) is 29.9 Å². The van der Waals surface area contributed by atoms with Crippen molar-refractivity contribution < 1.29 is 20.1 Å². The Kier molecular flexibility index (Phi) is 16.8. The Bertz CT molecular complexity index is 1000. The summed E-state index contributed by atoms with van der Waals surface area (Å²) in [6.45, 7) is 9.27. The van der Waals surface area contributed by atoms with Crippen LogP contribution in [0.25, 0.3) is 0 Å². The summed E-state index contributed by atoms with van der Waals surface area (Å²) in [5, 5.41) is 31.7. The Morgan fingerprint density at radius 1 is 0.860 bits per heavy atom. The van der Waals surface area contributed by atoms with Crippen LogP contribution in [0.5, 0.6) is 0 Å². The molecule has 2 aliphatic carbocycles. The van der Waals surface area contributed by atoms with Crippen LogP contribution >= 0.6 is 36.2 Å². The van der Waals surface area contributed by atoms with E-state index in [1.165, 1.54) is 18.4 Å². The van der Waals surface area contributed by atoms with Crippen LogP contribution in [0, 0.1) is 17.8 Å². The molecule has 11 heteroatoms. The molecule has 2 fully saturated rings. The summed E-state index contributed by atoms with van der Waals surface area (Å²) in [5.41, 5.74) is 1.25. The fourth-order valence-corrected chi connectivity index (χ4v) is 8.77. The zero-order valence-corrected chi connectivity index (χ0v) is 30.0. The Hall–Kier alpha value is -0.950. The number of thioether (sulfide) groups is 2. The highest BCUT2D eigenvalue weighted by atomic mass is 32.2. The second-order valence-electron chi connectivity index (χ2n) is 11.6. The highest BCUT2D eigenvalue weighted by Gasteiger charge is 2.48. The number of nitrogens with zero attached hydrogens (tertiary/aromatic N) is 4. The first-order valence-corrected chi connectivity index (χ1v) is 18.2. The first-order valence-electron chi connectivity index (χ1n) is 15.5. The second kappa shape index (κ2) is 18.9. The third-order valence-corrected chi connectivity index (χ3v) is 11.4. The van der Waals surface area contributed by atoms with Crippen molar-refractivity contribution in [2.24, 2.45) is 27.7 Å². The van der Waals surface area contributed by atoms with Gasteiger partial charge in [0, 0.05) is 51.2 Å². The number of ether oxygens (including phenoxy) is 1. The van der Waals surface area contributed by atoms with Crippen molar-refractivity contribution in [2.75, 3.05) is 41.1 Å². The van der Waals surface area contributed by atoms with Gasteiger partial charge in [0.2, 0.25) is 0 Å². The van der Waals surface area contributed by atoms with Crippen molar-refractivity contribution in [1.29, 1.82) is 0 Å². The van der Waals surface area contributed by atoms with Crippen molar-refractivity contribution in [2.45, 2.75) is 94.5 Å². The predicted molar refractivity (Wildman–Crippen MR) is 189 cm³/mol. The van der Waals surface area contributed by atoms with E-state index in [0.29, 0.717) is 30.2 Å². The normalized spacial score (nSPS) is 34.0. The second-order valence-corrected chi connectivity index (χ2v) is 14.0. The van der Waals surface area contributed by atoms with E-state index in [0.717, 1.165) is 16.3 Å². The minimum absolute atomic E-state index is 0.0840. The molecule has 0 unspecified atom stereocenters. The van der Waals surface area contributed by atoms with Gasteiger partial charge in [0.1, 0.15) is 6.10 Å². The first kappa shape index (κ1) is 38.2. The number of hydrogen-bond donors (Lipinski definition) is 4. The minimum Gasteiger partial charge on any atom is -0.396 e. The van der Waals surface area contributed by atoms with Gasteiger partial charge >= 0.3 is 0 Å². The fourth-order valence-electron chi connectivity index (χ4n) is 6.04. The average molecular weight is 657 g/mol. The standard InChI is InChI=1S/C19H28N2OS.C10H18N2O3S.C2H6.CH4S/c1-5-15-11-16-17(20-19(23-16)21(3)4)18(13(15)2)22-12-14-9-7-6-8-10-14;1-12(2)10-11-7-6(16-10)3-5(4-13)8(14)9(7)15;2*1-2/h6-10,13,15-18H,5,11-12H2,1-4H3;5-9,13-15H,3-4H2,1-2H3;1-2H3;2H,1H3/t13-,15+,16+,17+,18+;5-,6+,7+,8-,9-;;/m11../s1. The van der Waals surface area contributed by atoms with Gasteiger partial charge in [-0.2, -0.15) is 12.6 Å². The highest BCUT2D eigenvalue weighted by Crippen LogP contribution is 2.45. The fraction of sp³-hybridized carbons (Fsp3) is 0.750. The monoisotopic (exact) mass is 656 g/mol. The van der Waals surface area contributed by atoms with Crippen molar-refractivity contribution >= 4 is 46.5 Å². The van der Waals surface area contributed by atoms with Gasteiger partial charge in [0.25, 0.3) is 0 Å². The van der Waals surface area contributed by atoms with Crippen LogP contribution in [-0.4, -0.2) is 117 Å². The molecular formula is C32H56N4O4S3. The topological polar surface area (TPSA) is 101 Å². The van der Waals surface area contributed by atoms with Gasteiger partial charge in [0.05, 0.1) is 30.9 Å². The lowest BCUT2D eigenvalue weighted by molar-refractivity contribution is -0.0646. The Morgan fingerprint density at radius 3 is 1.88 bits per heavy atom. The summed E-state index contributed by atoms with van der Waals surface area (Å²) in [7, 11) is 8.00. The molecule has 0 spiro atoms. The number of amidine groups is 2. The number of aliphatic imine (C=N–C) groups is 2. The van der Waals surface area contributed by atoms with Gasteiger partial charge in [-0.05, 0) is 36.5 Å². The van der Waals surface area contributed by atoms with Crippen molar-refractivity contribution in [3.8, 4) is 0 Å². The zero-order chi connectivity index (χ0) is 32.3. The molecule has 0 saturated heterocycles. The third-order valence-electron chi connectivity index (χ3n) is 8.46. The first-order chi connectivity index (χ1) is 20.6. The smallest absolute Gasteiger partial charge is 0.159 e. The minimum atomic E-state index is -0.864. The molecule has 2 saturated carbocycles. The highest BCUT2D eigenvalue weighted by molar-refractivity contribution is 8.14. The molecule has 246 valence electrons. The maximum absolute atomic E-state index is 9.95. The molecule has 0 radical (unpaired) electrons. The number of thiol groups is 1. The molecule has 5 rings (SSSR count). The van der Waals surface area contributed by atoms with E-state index < -0.39 is 12.2 Å². The summed E-state index contributed by atoms with van der Waals surface area (Å²) in [6.07, 6.45) is 3.39. The van der Waals surface area contributed by atoms with Gasteiger partial charge in [-0.1, -0.05) is 88.0 Å². The average Bonchev–Trinajstić information content (AvgIpc) is 3.66. The molecule has 0 amide bonds. The number of rotatable bonds is 5. The van der Waals surface area contributed by atoms with Crippen molar-refractivity contribution in [1.82, 2.24) is 9.80 Å². The van der Waals surface area contributed by atoms with Crippen LogP contribution < -0.4 is 0 Å². The van der Waals surface area contributed by atoms with E-state index in [1.54, 1.807) is 18.0 Å². The maximum Gasteiger partial charge on any atom is 0.159 e. The number of hydrogen-bond acceptors (Lipinski definition) is 11. The van der Waals surface area contributed by atoms with E-state index in [4.69, 9.17) is 14.8 Å². The summed E-state index contributed by atoms with van der Waals surface area (Å²) in [4.78, 5) is 13.5. The predicted octanol–water partition coefficient (Wildman–Crippen LogP) is 4.73. The molecule has 2 aliphatic heterocycles. The van der Waals surface area contributed by atoms with Gasteiger partial charge in [0.15, 0.2) is 10.3 Å². The van der Waals surface area contributed by atoms with Gasteiger partial charge < -0.3 is 29.9 Å². The molecule has 3 N–H and O–H groups in total. The molecule has 43 heavy (non-hydrogen) atoms. The van der Waals surface area contributed by atoms with Crippen LogP contribution in [0.3, 0.4) is 0 Å². The van der Waals surface area contributed by atoms with Crippen molar-refractivity contribution in [3.05, 3.63) is 35.9 Å². The summed E-state index contributed by atoms with van der Waals surface area (Å²) in [6, 6.07) is 10.6.